The number of pyridine rings is 3. The molecule has 0 saturated carbocycles. The number of carbonyl (C=O) groups is 2. The van der Waals surface area contributed by atoms with Crippen LogP contribution in [0.4, 0.5) is 15.0 Å². The highest BCUT2D eigenvalue weighted by Gasteiger charge is 2.17. The van der Waals surface area contributed by atoms with Crippen LogP contribution in [0.1, 0.15) is 17.3 Å². The molecule has 33 heavy (non-hydrogen) atoms. The average molecular weight is 464 g/mol. The normalized spacial score (nSPS) is 10.6. The topological polar surface area (TPSA) is 130 Å². The summed E-state index contributed by atoms with van der Waals surface area (Å²) in [6, 6.07) is 5.88. The summed E-state index contributed by atoms with van der Waals surface area (Å²) in [6.45, 7) is 2.23. The Hall–Kier alpha value is -4.25. The number of amides is 2. The van der Waals surface area contributed by atoms with E-state index in [-0.39, 0.29) is 16.9 Å². The number of rotatable bonds is 6. The van der Waals surface area contributed by atoms with Crippen LogP contribution >= 0.6 is 11.3 Å². The number of anilines is 1. The van der Waals surface area contributed by atoms with Crippen LogP contribution in [0.2, 0.25) is 0 Å². The van der Waals surface area contributed by atoms with E-state index in [0.717, 1.165) is 0 Å². The standard InChI is InChI=1S/C22H17FN6O3S/c1-2-25-22(32)29-18-7-15(16(10-27-18)12-6-13(21(30)31)9-24-8-12)20-28-17(11-33-20)14-4-3-5-26-19(14)23/h3-11H,2H2,1H3,(H,30,31)(H2,25,27,29,32). The number of aromatic nitrogens is 4. The van der Waals surface area contributed by atoms with Crippen molar-refractivity contribution in [2.75, 3.05) is 11.9 Å². The second kappa shape index (κ2) is 9.49. The number of thiazole rings is 1. The second-order valence-corrected chi connectivity index (χ2v) is 7.60. The van der Waals surface area contributed by atoms with Gasteiger partial charge in [-0.3, -0.25) is 10.3 Å². The minimum Gasteiger partial charge on any atom is -0.478 e. The molecule has 4 aromatic rings. The SMILES string of the molecule is CCNC(=O)Nc1cc(-c2nc(-c3cccnc3F)cs2)c(-c2cncc(C(=O)O)c2)cn1. The minimum absolute atomic E-state index is 0.0141. The maximum Gasteiger partial charge on any atom is 0.337 e. The number of carbonyl (C=O) groups excluding carboxylic acids is 1. The summed E-state index contributed by atoms with van der Waals surface area (Å²) in [7, 11) is 0. The van der Waals surface area contributed by atoms with Gasteiger partial charge in [0.1, 0.15) is 10.8 Å². The summed E-state index contributed by atoms with van der Waals surface area (Å²) in [5.41, 5.74) is 2.30. The van der Waals surface area contributed by atoms with Crippen LogP contribution in [0.3, 0.4) is 0 Å². The maximum atomic E-state index is 14.2. The highest BCUT2D eigenvalue weighted by atomic mass is 32.1. The first-order chi connectivity index (χ1) is 16.0. The van der Waals surface area contributed by atoms with E-state index in [4.69, 9.17) is 0 Å². The quantitative estimate of drug-likeness (QED) is 0.363. The Kier molecular flexibility index (Phi) is 6.31. The molecule has 0 aliphatic rings. The minimum atomic E-state index is -1.11. The molecule has 166 valence electrons. The Bertz CT molecular complexity index is 1340. The third kappa shape index (κ3) is 4.83. The number of nitrogens with one attached hydrogen (secondary N) is 2. The molecule has 3 N–H and O–H groups in total. The first-order valence-corrected chi connectivity index (χ1v) is 10.6. The molecule has 0 bridgehead atoms. The number of aromatic carboxylic acids is 1. The van der Waals surface area contributed by atoms with E-state index in [1.165, 1.54) is 42.2 Å². The molecule has 0 aliphatic heterocycles. The van der Waals surface area contributed by atoms with Crippen LogP contribution < -0.4 is 10.6 Å². The van der Waals surface area contributed by atoms with Crippen molar-refractivity contribution < 1.29 is 19.1 Å². The summed E-state index contributed by atoms with van der Waals surface area (Å²) in [5.74, 6) is -1.48. The maximum absolute atomic E-state index is 14.2. The Morgan fingerprint density at radius 3 is 2.73 bits per heavy atom. The summed E-state index contributed by atoms with van der Waals surface area (Å²) in [4.78, 5) is 39.9. The van der Waals surface area contributed by atoms with Crippen molar-refractivity contribution in [3.63, 3.8) is 0 Å². The van der Waals surface area contributed by atoms with E-state index in [9.17, 15) is 19.1 Å². The molecule has 4 aromatic heterocycles. The van der Waals surface area contributed by atoms with E-state index >= 15 is 0 Å². The third-order valence-corrected chi connectivity index (χ3v) is 5.42. The first-order valence-electron chi connectivity index (χ1n) is 9.76. The summed E-state index contributed by atoms with van der Waals surface area (Å²) >= 11 is 1.26. The molecular formula is C22H17FN6O3S. The Morgan fingerprint density at radius 1 is 1.12 bits per heavy atom. The molecular weight excluding hydrogens is 447 g/mol. The largest absolute Gasteiger partial charge is 0.478 e. The molecule has 0 fully saturated rings. The number of nitrogens with zero attached hydrogens (tertiary/aromatic N) is 4. The van der Waals surface area contributed by atoms with Gasteiger partial charge in [0.15, 0.2) is 0 Å². The average Bonchev–Trinajstić information content (AvgIpc) is 3.29. The Morgan fingerprint density at radius 2 is 1.97 bits per heavy atom. The van der Waals surface area contributed by atoms with Crippen LogP contribution in [-0.2, 0) is 0 Å². The van der Waals surface area contributed by atoms with Gasteiger partial charge in [0.05, 0.1) is 16.8 Å². The lowest BCUT2D eigenvalue weighted by molar-refractivity contribution is 0.0696. The van der Waals surface area contributed by atoms with Crippen LogP contribution in [0.25, 0.3) is 33.0 Å². The molecule has 2 amide bonds. The van der Waals surface area contributed by atoms with Gasteiger partial charge in [0.2, 0.25) is 5.95 Å². The van der Waals surface area contributed by atoms with Gasteiger partial charge in [-0.15, -0.1) is 11.3 Å². The van der Waals surface area contributed by atoms with Gasteiger partial charge in [-0.1, -0.05) is 0 Å². The van der Waals surface area contributed by atoms with Crippen molar-refractivity contribution in [1.82, 2.24) is 25.3 Å². The number of halogens is 1. The lowest BCUT2D eigenvalue weighted by Gasteiger charge is -2.11. The summed E-state index contributed by atoms with van der Waals surface area (Å²) in [5, 5.41) is 16.8. The van der Waals surface area contributed by atoms with Gasteiger partial charge in [-0.05, 0) is 31.2 Å². The van der Waals surface area contributed by atoms with Crippen LogP contribution in [-0.4, -0.2) is 43.6 Å². The summed E-state index contributed by atoms with van der Waals surface area (Å²) in [6.07, 6.45) is 5.62. The predicted octanol–water partition coefficient (Wildman–Crippen LogP) is 4.31. The molecule has 9 nitrogen and oxygen atoms in total. The third-order valence-electron chi connectivity index (χ3n) is 4.55. The number of urea groups is 1. The van der Waals surface area contributed by atoms with E-state index in [2.05, 4.69) is 30.6 Å². The number of hydrogen-bond donors (Lipinski definition) is 3. The van der Waals surface area contributed by atoms with Crippen molar-refractivity contribution in [1.29, 1.82) is 0 Å². The van der Waals surface area contributed by atoms with Crippen molar-refractivity contribution in [3.8, 4) is 33.0 Å². The van der Waals surface area contributed by atoms with Crippen molar-refractivity contribution in [2.45, 2.75) is 6.92 Å². The molecule has 0 radical (unpaired) electrons. The number of hydrogen-bond acceptors (Lipinski definition) is 7. The highest BCUT2D eigenvalue weighted by Crippen LogP contribution is 2.37. The van der Waals surface area contributed by atoms with Crippen molar-refractivity contribution in [2.24, 2.45) is 0 Å². The zero-order chi connectivity index (χ0) is 23.4. The molecule has 11 heteroatoms. The van der Waals surface area contributed by atoms with E-state index in [0.29, 0.717) is 33.9 Å². The predicted molar refractivity (Wildman–Crippen MR) is 121 cm³/mol. The van der Waals surface area contributed by atoms with Gasteiger partial charge in [0.25, 0.3) is 0 Å². The van der Waals surface area contributed by atoms with Crippen molar-refractivity contribution in [3.05, 3.63) is 65.9 Å². The molecule has 4 rings (SSSR count). The molecule has 0 saturated heterocycles. The highest BCUT2D eigenvalue weighted by molar-refractivity contribution is 7.13. The van der Waals surface area contributed by atoms with Crippen LogP contribution in [0.5, 0.6) is 0 Å². The zero-order valence-electron chi connectivity index (χ0n) is 17.2. The summed E-state index contributed by atoms with van der Waals surface area (Å²) < 4.78 is 14.2. The fraction of sp³-hybridized carbons (Fsp3) is 0.0909. The fourth-order valence-corrected chi connectivity index (χ4v) is 3.90. The van der Waals surface area contributed by atoms with Gasteiger partial charge in [-0.25, -0.2) is 24.5 Å². The van der Waals surface area contributed by atoms with Gasteiger partial charge < -0.3 is 10.4 Å². The van der Waals surface area contributed by atoms with Crippen molar-refractivity contribution >= 4 is 29.2 Å². The molecule has 0 aliphatic carbocycles. The number of carboxylic acid groups (broad SMARTS) is 1. The zero-order valence-corrected chi connectivity index (χ0v) is 18.1. The first kappa shape index (κ1) is 22.0. The van der Waals surface area contributed by atoms with Gasteiger partial charge in [0, 0.05) is 53.4 Å². The van der Waals surface area contributed by atoms with Gasteiger partial charge >= 0.3 is 12.0 Å². The fourth-order valence-electron chi connectivity index (χ4n) is 3.05. The van der Waals surface area contributed by atoms with Crippen LogP contribution in [0, 0.1) is 5.95 Å². The molecule has 0 aromatic carbocycles. The smallest absolute Gasteiger partial charge is 0.337 e. The lowest BCUT2D eigenvalue weighted by atomic mass is 10.0. The number of carboxylic acids is 1. The molecule has 0 spiro atoms. The van der Waals surface area contributed by atoms with E-state index in [1.807, 2.05) is 0 Å². The lowest BCUT2D eigenvalue weighted by Crippen LogP contribution is -2.28. The Balaban J connectivity index is 1.82. The van der Waals surface area contributed by atoms with E-state index in [1.54, 1.807) is 30.5 Å². The molecule has 0 atom stereocenters. The van der Waals surface area contributed by atoms with E-state index < -0.39 is 17.9 Å². The monoisotopic (exact) mass is 464 g/mol. The van der Waals surface area contributed by atoms with Crippen LogP contribution in [0.15, 0.2) is 54.4 Å². The molecule has 4 heterocycles. The second-order valence-electron chi connectivity index (χ2n) is 6.75. The molecule has 0 unspecified atom stereocenters. The van der Waals surface area contributed by atoms with Gasteiger partial charge in [-0.2, -0.15) is 4.39 Å². The Labute approximate surface area is 191 Å².